The molecule has 0 amide bonds. The van der Waals surface area contributed by atoms with Crippen LogP contribution in [-0.4, -0.2) is 36.5 Å². The summed E-state index contributed by atoms with van der Waals surface area (Å²) in [5, 5.41) is 14.0. The van der Waals surface area contributed by atoms with E-state index in [2.05, 4.69) is 5.10 Å². The predicted octanol–water partition coefficient (Wildman–Crippen LogP) is 0.563. The van der Waals surface area contributed by atoms with Crippen LogP contribution in [0.25, 0.3) is 5.52 Å². The highest BCUT2D eigenvalue weighted by atomic mass is 32.2. The number of pyridine rings is 1. The van der Waals surface area contributed by atoms with Crippen LogP contribution < -0.4 is 5.06 Å². The predicted molar refractivity (Wildman–Crippen MR) is 58.5 cm³/mol. The topological polar surface area (TPSA) is 74.9 Å². The standard InChI is InChI=1S/C9H11N3O3S/c1-11(13)8-7-5-3-4-6-12(7)10-9(8)16(2,14)15/h3-6,13H,1-2H3. The lowest BCUT2D eigenvalue weighted by atomic mass is 10.3. The molecular weight excluding hydrogens is 230 g/mol. The van der Waals surface area contributed by atoms with Crippen LogP contribution in [0.15, 0.2) is 29.4 Å². The van der Waals surface area contributed by atoms with Gasteiger partial charge in [0.2, 0.25) is 5.03 Å². The summed E-state index contributed by atoms with van der Waals surface area (Å²) in [6.45, 7) is 0. The Bertz CT molecular complexity index is 630. The maximum Gasteiger partial charge on any atom is 0.203 e. The van der Waals surface area contributed by atoms with E-state index in [9.17, 15) is 13.6 Å². The lowest BCUT2D eigenvalue weighted by Gasteiger charge is -2.09. The highest BCUT2D eigenvalue weighted by molar-refractivity contribution is 7.90. The van der Waals surface area contributed by atoms with Gasteiger partial charge in [0, 0.05) is 19.5 Å². The van der Waals surface area contributed by atoms with Crippen LogP contribution in [0.1, 0.15) is 0 Å². The van der Waals surface area contributed by atoms with E-state index < -0.39 is 9.84 Å². The molecule has 2 heterocycles. The molecule has 0 unspecified atom stereocenters. The first-order valence-electron chi connectivity index (χ1n) is 4.51. The normalized spacial score (nSPS) is 11.9. The lowest BCUT2D eigenvalue weighted by molar-refractivity contribution is 0.278. The minimum Gasteiger partial charge on any atom is -0.289 e. The Balaban J connectivity index is 2.89. The molecule has 86 valence electrons. The number of nitrogens with zero attached hydrogens (tertiary/aromatic N) is 3. The van der Waals surface area contributed by atoms with Gasteiger partial charge in [-0.1, -0.05) is 6.07 Å². The minimum atomic E-state index is -3.47. The Morgan fingerprint density at radius 2 is 2.12 bits per heavy atom. The molecule has 16 heavy (non-hydrogen) atoms. The van der Waals surface area contributed by atoms with Crippen molar-refractivity contribution in [1.29, 1.82) is 0 Å². The van der Waals surface area contributed by atoms with Crippen LogP contribution in [0.4, 0.5) is 5.69 Å². The van der Waals surface area contributed by atoms with Crippen molar-refractivity contribution in [3.05, 3.63) is 24.4 Å². The molecule has 1 N–H and O–H groups in total. The van der Waals surface area contributed by atoms with Gasteiger partial charge in [0.25, 0.3) is 0 Å². The van der Waals surface area contributed by atoms with Gasteiger partial charge in [-0.25, -0.2) is 12.9 Å². The van der Waals surface area contributed by atoms with E-state index in [1.165, 1.54) is 11.6 Å². The van der Waals surface area contributed by atoms with Crippen molar-refractivity contribution >= 4 is 21.0 Å². The zero-order valence-corrected chi connectivity index (χ0v) is 9.64. The number of aromatic nitrogens is 2. The van der Waals surface area contributed by atoms with E-state index in [-0.39, 0.29) is 10.7 Å². The van der Waals surface area contributed by atoms with Crippen LogP contribution in [0.3, 0.4) is 0 Å². The summed E-state index contributed by atoms with van der Waals surface area (Å²) in [7, 11) is -2.11. The fourth-order valence-electron chi connectivity index (χ4n) is 1.52. The van der Waals surface area contributed by atoms with Crippen molar-refractivity contribution < 1.29 is 13.6 Å². The molecular formula is C9H11N3O3S. The first kappa shape index (κ1) is 10.9. The number of hydroxylamine groups is 1. The van der Waals surface area contributed by atoms with Crippen LogP contribution in [0, 0.1) is 0 Å². The van der Waals surface area contributed by atoms with E-state index >= 15 is 0 Å². The minimum absolute atomic E-state index is 0.135. The molecule has 2 rings (SSSR count). The Labute approximate surface area is 92.6 Å². The fourth-order valence-corrected chi connectivity index (χ4v) is 2.34. The largest absolute Gasteiger partial charge is 0.289 e. The smallest absolute Gasteiger partial charge is 0.203 e. The first-order chi connectivity index (χ1) is 7.41. The molecule has 0 radical (unpaired) electrons. The third kappa shape index (κ3) is 1.63. The highest BCUT2D eigenvalue weighted by Crippen LogP contribution is 2.27. The second-order valence-electron chi connectivity index (χ2n) is 3.48. The number of fused-ring (bicyclic) bond motifs is 1. The molecule has 0 aromatic carbocycles. The summed E-state index contributed by atoms with van der Waals surface area (Å²) in [6, 6.07) is 5.16. The molecule has 6 nitrogen and oxygen atoms in total. The quantitative estimate of drug-likeness (QED) is 0.778. The van der Waals surface area contributed by atoms with Crippen molar-refractivity contribution in [2.45, 2.75) is 5.03 Å². The van der Waals surface area contributed by atoms with Gasteiger partial charge in [0.05, 0.1) is 5.52 Å². The molecule has 0 atom stereocenters. The third-order valence-electron chi connectivity index (χ3n) is 2.16. The van der Waals surface area contributed by atoms with E-state index in [4.69, 9.17) is 0 Å². The van der Waals surface area contributed by atoms with E-state index in [0.29, 0.717) is 5.52 Å². The van der Waals surface area contributed by atoms with Gasteiger partial charge in [-0.2, -0.15) is 5.10 Å². The number of sulfone groups is 1. The average molecular weight is 241 g/mol. The van der Waals surface area contributed by atoms with Gasteiger partial charge < -0.3 is 0 Å². The molecule has 2 aromatic rings. The molecule has 7 heteroatoms. The van der Waals surface area contributed by atoms with Crippen LogP contribution in [0.5, 0.6) is 0 Å². The number of hydrogen-bond acceptors (Lipinski definition) is 5. The van der Waals surface area contributed by atoms with Crippen molar-refractivity contribution in [3.8, 4) is 0 Å². The van der Waals surface area contributed by atoms with E-state index in [1.807, 2.05) is 0 Å². The van der Waals surface area contributed by atoms with Crippen molar-refractivity contribution in [2.24, 2.45) is 0 Å². The van der Waals surface area contributed by atoms with Crippen molar-refractivity contribution in [2.75, 3.05) is 18.4 Å². The summed E-state index contributed by atoms with van der Waals surface area (Å²) in [6.07, 6.45) is 2.68. The van der Waals surface area contributed by atoms with E-state index in [0.717, 1.165) is 11.3 Å². The first-order valence-corrected chi connectivity index (χ1v) is 6.40. The van der Waals surface area contributed by atoms with Gasteiger partial charge in [0.15, 0.2) is 9.84 Å². The zero-order valence-electron chi connectivity index (χ0n) is 8.82. The Kier molecular flexibility index (Phi) is 2.36. The fraction of sp³-hybridized carbons (Fsp3) is 0.222. The van der Waals surface area contributed by atoms with Gasteiger partial charge in [0.1, 0.15) is 5.69 Å². The van der Waals surface area contributed by atoms with Crippen molar-refractivity contribution in [1.82, 2.24) is 9.61 Å². The summed E-state index contributed by atoms with van der Waals surface area (Å²) in [5.41, 5.74) is 0.719. The summed E-state index contributed by atoms with van der Waals surface area (Å²) in [5.74, 6) is 0. The molecule has 0 saturated heterocycles. The van der Waals surface area contributed by atoms with Gasteiger partial charge >= 0.3 is 0 Å². The number of anilines is 1. The Morgan fingerprint density at radius 3 is 2.69 bits per heavy atom. The van der Waals surface area contributed by atoms with Gasteiger partial charge in [-0.15, -0.1) is 0 Å². The monoisotopic (exact) mass is 241 g/mol. The second-order valence-corrected chi connectivity index (χ2v) is 5.41. The number of hydrogen-bond donors (Lipinski definition) is 1. The molecule has 0 fully saturated rings. The Morgan fingerprint density at radius 1 is 1.44 bits per heavy atom. The molecule has 0 aliphatic heterocycles. The van der Waals surface area contributed by atoms with Crippen LogP contribution in [0.2, 0.25) is 0 Å². The van der Waals surface area contributed by atoms with Crippen molar-refractivity contribution in [3.63, 3.8) is 0 Å². The summed E-state index contributed by atoms with van der Waals surface area (Å²) in [4.78, 5) is 0. The van der Waals surface area contributed by atoms with Gasteiger partial charge in [-0.3, -0.25) is 10.3 Å². The lowest BCUT2D eigenvalue weighted by Crippen LogP contribution is -2.13. The maximum absolute atomic E-state index is 11.5. The molecule has 0 saturated carbocycles. The molecule has 0 aliphatic rings. The summed E-state index contributed by atoms with van der Waals surface area (Å²) < 4.78 is 24.4. The summed E-state index contributed by atoms with van der Waals surface area (Å²) >= 11 is 0. The second kappa shape index (κ2) is 3.46. The van der Waals surface area contributed by atoms with Gasteiger partial charge in [-0.05, 0) is 12.1 Å². The van der Waals surface area contributed by atoms with Crippen LogP contribution >= 0.6 is 0 Å². The molecule has 2 aromatic heterocycles. The molecule has 0 bridgehead atoms. The molecule has 0 spiro atoms. The molecule has 0 aliphatic carbocycles. The number of rotatable bonds is 2. The third-order valence-corrected chi connectivity index (χ3v) is 3.14. The SMILES string of the molecule is CN(O)c1c(S(C)(=O)=O)nn2ccccc12. The average Bonchev–Trinajstić information content (AvgIpc) is 2.55. The maximum atomic E-state index is 11.5. The highest BCUT2D eigenvalue weighted by Gasteiger charge is 2.23. The Hall–Kier alpha value is -1.60. The van der Waals surface area contributed by atoms with Crippen LogP contribution in [-0.2, 0) is 9.84 Å². The van der Waals surface area contributed by atoms with E-state index in [1.54, 1.807) is 24.4 Å². The zero-order chi connectivity index (χ0) is 11.9.